The Morgan fingerprint density at radius 1 is 1.53 bits per heavy atom. The molecule has 94 valence electrons. The lowest BCUT2D eigenvalue weighted by atomic mass is 10.0. The van der Waals surface area contributed by atoms with Crippen molar-refractivity contribution in [2.45, 2.75) is 37.9 Å². The van der Waals surface area contributed by atoms with Gasteiger partial charge in [0.05, 0.1) is 17.2 Å². The number of aliphatic hydroxyl groups excluding tert-OH is 1. The topological polar surface area (TPSA) is 29.5 Å². The van der Waals surface area contributed by atoms with Crippen LogP contribution in [0.1, 0.15) is 37.4 Å². The van der Waals surface area contributed by atoms with Gasteiger partial charge in [-0.3, -0.25) is 0 Å². The average molecular weight is 367 g/mol. The molecule has 17 heavy (non-hydrogen) atoms. The van der Waals surface area contributed by atoms with E-state index in [0.29, 0.717) is 11.1 Å². The molecule has 2 atom stereocenters. The summed E-state index contributed by atoms with van der Waals surface area (Å²) in [6.07, 6.45) is 3.83. The normalized spacial score (nSPS) is 21.7. The molecule has 0 saturated carbocycles. The van der Waals surface area contributed by atoms with E-state index < -0.39 is 6.10 Å². The van der Waals surface area contributed by atoms with Crippen molar-refractivity contribution in [1.29, 1.82) is 0 Å². The maximum Gasteiger partial charge on any atom is 0.0791 e. The Morgan fingerprint density at radius 2 is 2.35 bits per heavy atom. The highest BCUT2D eigenvalue weighted by Crippen LogP contribution is 2.27. The number of ether oxygens (including phenoxy) is 1. The monoisotopic (exact) mass is 366 g/mol. The molecular weight excluding hydrogens is 350 g/mol. The van der Waals surface area contributed by atoms with Crippen LogP contribution in [0.2, 0.25) is 5.02 Å². The van der Waals surface area contributed by atoms with E-state index in [2.05, 4.69) is 22.6 Å². The number of hydrogen-bond acceptors (Lipinski definition) is 2. The first kappa shape index (κ1) is 13.6. The highest BCUT2D eigenvalue weighted by Gasteiger charge is 2.17. The quantitative estimate of drug-likeness (QED) is 0.818. The predicted octanol–water partition coefficient (Wildman–Crippen LogP) is 3.94. The molecular formula is C13H16ClIO2. The average Bonchev–Trinajstić information content (AvgIpc) is 2.82. The molecule has 0 aromatic heterocycles. The van der Waals surface area contributed by atoms with Gasteiger partial charge in [0.25, 0.3) is 0 Å². The first-order valence-electron chi connectivity index (χ1n) is 5.91. The van der Waals surface area contributed by atoms with Gasteiger partial charge in [0.1, 0.15) is 0 Å². The van der Waals surface area contributed by atoms with E-state index >= 15 is 0 Å². The summed E-state index contributed by atoms with van der Waals surface area (Å²) in [6.45, 7) is 0.871. The minimum absolute atomic E-state index is 0.337. The summed E-state index contributed by atoms with van der Waals surface area (Å²) in [4.78, 5) is 0. The van der Waals surface area contributed by atoms with Crippen molar-refractivity contribution in [2.75, 3.05) is 6.61 Å². The number of rotatable bonds is 4. The van der Waals surface area contributed by atoms with Crippen LogP contribution in [0.5, 0.6) is 0 Å². The highest BCUT2D eigenvalue weighted by molar-refractivity contribution is 14.1. The second-order valence-corrected chi connectivity index (χ2v) is 5.97. The van der Waals surface area contributed by atoms with Gasteiger partial charge in [-0.05, 0) is 66.0 Å². The third-order valence-electron chi connectivity index (χ3n) is 3.11. The van der Waals surface area contributed by atoms with Crippen molar-refractivity contribution >= 4 is 34.2 Å². The van der Waals surface area contributed by atoms with Gasteiger partial charge in [-0.2, -0.15) is 0 Å². The highest BCUT2D eigenvalue weighted by atomic mass is 127. The second kappa shape index (κ2) is 6.36. The molecule has 1 aromatic carbocycles. The van der Waals surface area contributed by atoms with E-state index in [-0.39, 0.29) is 0 Å². The van der Waals surface area contributed by atoms with E-state index in [1.807, 2.05) is 18.2 Å². The number of halogens is 2. The summed E-state index contributed by atoms with van der Waals surface area (Å²) < 4.78 is 6.56. The van der Waals surface area contributed by atoms with Crippen LogP contribution in [-0.4, -0.2) is 17.8 Å². The van der Waals surface area contributed by atoms with Crippen LogP contribution < -0.4 is 0 Å². The lowest BCUT2D eigenvalue weighted by Gasteiger charge is -2.14. The molecule has 0 radical (unpaired) electrons. The summed E-state index contributed by atoms with van der Waals surface area (Å²) in [5.74, 6) is 0. The van der Waals surface area contributed by atoms with E-state index in [1.165, 1.54) is 0 Å². The molecule has 2 rings (SSSR count). The SMILES string of the molecule is OC(CCC1CCCO1)c1ccc(I)c(Cl)c1. The zero-order valence-electron chi connectivity index (χ0n) is 9.53. The molecule has 2 nitrogen and oxygen atoms in total. The van der Waals surface area contributed by atoms with Crippen LogP contribution in [0.25, 0.3) is 0 Å². The van der Waals surface area contributed by atoms with E-state index in [1.54, 1.807) is 0 Å². The minimum Gasteiger partial charge on any atom is -0.388 e. The van der Waals surface area contributed by atoms with Gasteiger partial charge in [0.2, 0.25) is 0 Å². The zero-order valence-corrected chi connectivity index (χ0v) is 12.4. The molecule has 1 heterocycles. The molecule has 0 bridgehead atoms. The molecule has 1 aliphatic rings. The van der Waals surface area contributed by atoms with Crippen molar-refractivity contribution in [1.82, 2.24) is 0 Å². The van der Waals surface area contributed by atoms with Crippen LogP contribution in [0.4, 0.5) is 0 Å². The number of benzene rings is 1. The molecule has 0 aliphatic carbocycles. The van der Waals surface area contributed by atoms with Crippen LogP contribution in [-0.2, 0) is 4.74 Å². The molecule has 1 N–H and O–H groups in total. The first-order valence-corrected chi connectivity index (χ1v) is 7.37. The Morgan fingerprint density at radius 3 is 3.00 bits per heavy atom. The van der Waals surface area contributed by atoms with Crippen molar-refractivity contribution in [3.63, 3.8) is 0 Å². The van der Waals surface area contributed by atoms with Crippen molar-refractivity contribution in [3.8, 4) is 0 Å². The lowest BCUT2D eigenvalue weighted by molar-refractivity contribution is 0.0812. The Kier molecular flexibility index (Phi) is 5.09. The summed E-state index contributed by atoms with van der Waals surface area (Å²) in [6, 6.07) is 5.73. The molecule has 1 fully saturated rings. The van der Waals surface area contributed by atoms with Gasteiger partial charge in [0.15, 0.2) is 0 Å². The third kappa shape index (κ3) is 3.81. The van der Waals surface area contributed by atoms with E-state index in [0.717, 1.165) is 41.4 Å². The maximum atomic E-state index is 10.1. The largest absolute Gasteiger partial charge is 0.388 e. The molecule has 2 unspecified atom stereocenters. The minimum atomic E-state index is -0.436. The molecule has 1 aliphatic heterocycles. The lowest BCUT2D eigenvalue weighted by Crippen LogP contribution is -2.08. The summed E-state index contributed by atoms with van der Waals surface area (Å²) in [5.41, 5.74) is 0.897. The van der Waals surface area contributed by atoms with Crippen molar-refractivity contribution in [2.24, 2.45) is 0 Å². The number of aliphatic hydroxyl groups is 1. The number of hydrogen-bond donors (Lipinski definition) is 1. The van der Waals surface area contributed by atoms with Gasteiger partial charge < -0.3 is 9.84 Å². The fraction of sp³-hybridized carbons (Fsp3) is 0.538. The standard InChI is InChI=1S/C13H16ClIO2/c14-11-8-9(3-5-12(11)15)13(16)6-4-10-2-1-7-17-10/h3,5,8,10,13,16H,1-2,4,6-7H2. The predicted molar refractivity (Wildman–Crippen MR) is 77.3 cm³/mol. The Labute approximate surface area is 120 Å². The van der Waals surface area contributed by atoms with Gasteiger partial charge in [0, 0.05) is 10.2 Å². The third-order valence-corrected chi connectivity index (χ3v) is 4.69. The first-order chi connectivity index (χ1) is 8.16. The van der Waals surface area contributed by atoms with Crippen molar-refractivity contribution < 1.29 is 9.84 Å². The van der Waals surface area contributed by atoms with Crippen LogP contribution in [0.3, 0.4) is 0 Å². The Hall–Kier alpha value is 0.160. The maximum absolute atomic E-state index is 10.1. The van der Waals surface area contributed by atoms with Gasteiger partial charge in [-0.15, -0.1) is 0 Å². The van der Waals surface area contributed by atoms with Gasteiger partial charge in [-0.25, -0.2) is 0 Å². The van der Waals surface area contributed by atoms with Crippen molar-refractivity contribution in [3.05, 3.63) is 32.4 Å². The molecule has 1 aromatic rings. The van der Waals surface area contributed by atoms with E-state index in [9.17, 15) is 5.11 Å². The second-order valence-electron chi connectivity index (χ2n) is 4.40. The van der Waals surface area contributed by atoms with Crippen LogP contribution in [0, 0.1) is 3.57 Å². The fourth-order valence-corrected chi connectivity index (χ4v) is 2.63. The van der Waals surface area contributed by atoms with E-state index in [4.69, 9.17) is 16.3 Å². The van der Waals surface area contributed by atoms with Gasteiger partial charge >= 0.3 is 0 Å². The Bertz CT molecular complexity index is 378. The fourth-order valence-electron chi connectivity index (χ4n) is 2.10. The molecule has 0 spiro atoms. The van der Waals surface area contributed by atoms with Crippen LogP contribution >= 0.6 is 34.2 Å². The Balaban J connectivity index is 1.89. The zero-order chi connectivity index (χ0) is 12.3. The summed E-state index contributed by atoms with van der Waals surface area (Å²) in [7, 11) is 0. The molecule has 0 amide bonds. The summed E-state index contributed by atoms with van der Waals surface area (Å²) in [5, 5.41) is 10.8. The summed E-state index contributed by atoms with van der Waals surface area (Å²) >= 11 is 8.22. The smallest absolute Gasteiger partial charge is 0.0791 e. The molecule has 1 saturated heterocycles. The van der Waals surface area contributed by atoms with Gasteiger partial charge in [-0.1, -0.05) is 17.7 Å². The molecule has 4 heteroatoms. The van der Waals surface area contributed by atoms with Crippen LogP contribution in [0.15, 0.2) is 18.2 Å².